The van der Waals surface area contributed by atoms with Gasteiger partial charge in [-0.3, -0.25) is 4.79 Å². The number of carbonyl (C=O) groups is 1. The molecule has 0 bridgehead atoms. The van der Waals surface area contributed by atoms with Gasteiger partial charge in [0, 0.05) is 16.5 Å². The molecule has 3 N–H and O–H groups in total. The van der Waals surface area contributed by atoms with Crippen molar-refractivity contribution in [3.05, 3.63) is 60.5 Å². The van der Waals surface area contributed by atoms with Gasteiger partial charge in [-0.15, -0.1) is 11.8 Å². The minimum absolute atomic E-state index is 0.0153. The average molecular weight is 409 g/mol. The van der Waals surface area contributed by atoms with E-state index >= 15 is 0 Å². The van der Waals surface area contributed by atoms with E-state index in [1.165, 1.54) is 0 Å². The normalized spacial score (nSPS) is 13.0. The van der Waals surface area contributed by atoms with Gasteiger partial charge >= 0.3 is 0 Å². The fraction of sp³-hybridized carbons (Fsp3) is 0.190. The summed E-state index contributed by atoms with van der Waals surface area (Å²) in [5.41, 5.74) is 1.96. The number of anilines is 5. The van der Waals surface area contributed by atoms with Crippen molar-refractivity contribution in [1.29, 1.82) is 0 Å². The van der Waals surface area contributed by atoms with E-state index in [2.05, 4.69) is 25.9 Å². The maximum Gasteiger partial charge on any atom is 0.229 e. The molecule has 0 aliphatic heterocycles. The molecule has 1 aliphatic carbocycles. The molecule has 0 spiro atoms. The molecule has 2 aromatic carbocycles. The lowest BCUT2D eigenvalue weighted by Crippen LogP contribution is -2.14. The summed E-state index contributed by atoms with van der Waals surface area (Å²) >= 11 is 1.65. The number of nitrogens with zero attached hydrogens (tertiary/aromatic N) is 2. The summed E-state index contributed by atoms with van der Waals surface area (Å²) in [6.07, 6.45) is 4.94. The zero-order chi connectivity index (χ0) is 20.2. The van der Waals surface area contributed by atoms with E-state index in [9.17, 15) is 9.18 Å². The van der Waals surface area contributed by atoms with Crippen LogP contribution in [0.3, 0.4) is 0 Å². The highest BCUT2D eigenvalue weighted by Gasteiger charge is 2.30. The first-order chi connectivity index (χ1) is 14.1. The Labute approximate surface area is 172 Å². The second kappa shape index (κ2) is 8.48. The van der Waals surface area contributed by atoms with Crippen LogP contribution in [0.15, 0.2) is 59.6 Å². The van der Waals surface area contributed by atoms with Crippen LogP contribution in [0, 0.1) is 11.7 Å². The highest BCUT2D eigenvalue weighted by Crippen LogP contribution is 2.32. The van der Waals surface area contributed by atoms with Gasteiger partial charge in [-0.25, -0.2) is 9.37 Å². The second-order valence-corrected chi connectivity index (χ2v) is 7.56. The van der Waals surface area contributed by atoms with Crippen molar-refractivity contribution in [3.8, 4) is 0 Å². The number of amides is 1. The fourth-order valence-corrected chi connectivity index (χ4v) is 3.14. The molecule has 0 unspecified atom stereocenters. The van der Waals surface area contributed by atoms with Crippen LogP contribution < -0.4 is 16.0 Å². The Bertz CT molecular complexity index is 1020. The van der Waals surface area contributed by atoms with Crippen molar-refractivity contribution >= 4 is 46.5 Å². The summed E-state index contributed by atoms with van der Waals surface area (Å²) < 4.78 is 14.3. The van der Waals surface area contributed by atoms with Crippen molar-refractivity contribution in [2.75, 3.05) is 22.2 Å². The Hall–Kier alpha value is -3.13. The lowest BCUT2D eigenvalue weighted by molar-refractivity contribution is -0.117. The van der Waals surface area contributed by atoms with E-state index in [-0.39, 0.29) is 23.6 Å². The first kappa shape index (κ1) is 19.2. The standard InChI is InChI=1S/C21H20FN5OS/c1-29-15-10-8-14(9-11-15)24-21-23-12-16(22)19(27-21)25-17-4-2-3-5-18(17)26-20(28)13-6-7-13/h2-5,8-13H,6-7H2,1H3,(H,26,28)(H2,23,24,25,27). The van der Waals surface area contributed by atoms with Gasteiger partial charge in [-0.05, 0) is 55.5 Å². The molecule has 1 heterocycles. The lowest BCUT2D eigenvalue weighted by atomic mass is 10.2. The van der Waals surface area contributed by atoms with Crippen LogP contribution in [-0.4, -0.2) is 22.1 Å². The van der Waals surface area contributed by atoms with Gasteiger partial charge in [0.2, 0.25) is 11.9 Å². The molecule has 6 nitrogen and oxygen atoms in total. The molecule has 0 atom stereocenters. The van der Waals surface area contributed by atoms with Crippen molar-refractivity contribution in [2.45, 2.75) is 17.7 Å². The van der Waals surface area contributed by atoms with E-state index in [0.29, 0.717) is 11.4 Å². The SMILES string of the molecule is CSc1ccc(Nc2ncc(F)c(Nc3ccccc3NC(=O)C3CC3)n2)cc1. The highest BCUT2D eigenvalue weighted by molar-refractivity contribution is 7.98. The number of nitrogens with one attached hydrogen (secondary N) is 3. The third-order valence-electron chi connectivity index (χ3n) is 4.48. The fourth-order valence-electron chi connectivity index (χ4n) is 2.73. The molecular weight excluding hydrogens is 389 g/mol. The molecule has 148 valence electrons. The number of rotatable bonds is 7. The molecule has 0 radical (unpaired) electrons. The number of hydrogen-bond donors (Lipinski definition) is 3. The minimum atomic E-state index is -0.586. The van der Waals surface area contributed by atoms with Gasteiger partial charge in [-0.1, -0.05) is 12.1 Å². The first-order valence-corrected chi connectivity index (χ1v) is 10.5. The summed E-state index contributed by atoms with van der Waals surface area (Å²) in [4.78, 5) is 21.5. The molecule has 1 aliphatic rings. The summed E-state index contributed by atoms with van der Waals surface area (Å²) in [5, 5.41) is 8.93. The van der Waals surface area contributed by atoms with Crippen LogP contribution in [0.1, 0.15) is 12.8 Å². The van der Waals surface area contributed by atoms with Crippen molar-refractivity contribution in [1.82, 2.24) is 9.97 Å². The Morgan fingerprint density at radius 1 is 1.07 bits per heavy atom. The molecule has 0 saturated heterocycles. The van der Waals surface area contributed by atoms with E-state index in [1.807, 2.05) is 36.6 Å². The van der Waals surface area contributed by atoms with Gasteiger partial charge in [0.15, 0.2) is 11.6 Å². The quantitative estimate of drug-likeness (QED) is 0.467. The molecule has 29 heavy (non-hydrogen) atoms. The number of halogens is 1. The topological polar surface area (TPSA) is 78.9 Å². The third kappa shape index (κ3) is 4.83. The molecule has 8 heteroatoms. The zero-order valence-electron chi connectivity index (χ0n) is 15.8. The maximum absolute atomic E-state index is 14.3. The molecule has 1 saturated carbocycles. The summed E-state index contributed by atoms with van der Waals surface area (Å²) in [6.45, 7) is 0. The largest absolute Gasteiger partial charge is 0.336 e. The van der Waals surface area contributed by atoms with E-state index in [0.717, 1.165) is 29.6 Å². The summed E-state index contributed by atoms with van der Waals surface area (Å²) in [5.74, 6) is -0.233. The van der Waals surface area contributed by atoms with E-state index in [1.54, 1.807) is 30.0 Å². The van der Waals surface area contributed by atoms with Gasteiger partial charge < -0.3 is 16.0 Å². The van der Waals surface area contributed by atoms with Crippen LogP contribution in [0.5, 0.6) is 0 Å². The Balaban J connectivity index is 1.53. The zero-order valence-corrected chi connectivity index (χ0v) is 16.6. The predicted octanol–water partition coefficient (Wildman–Crippen LogP) is 5.17. The average Bonchev–Trinajstić information content (AvgIpc) is 3.58. The number of aromatic nitrogens is 2. The van der Waals surface area contributed by atoms with Crippen LogP contribution in [0.4, 0.5) is 33.2 Å². The predicted molar refractivity (Wildman–Crippen MR) is 115 cm³/mol. The minimum Gasteiger partial charge on any atom is -0.336 e. The highest BCUT2D eigenvalue weighted by atomic mass is 32.2. The Kier molecular flexibility index (Phi) is 5.62. The Morgan fingerprint density at radius 3 is 2.48 bits per heavy atom. The van der Waals surface area contributed by atoms with Crippen molar-refractivity contribution < 1.29 is 9.18 Å². The lowest BCUT2D eigenvalue weighted by Gasteiger charge is -2.14. The van der Waals surface area contributed by atoms with Crippen LogP contribution >= 0.6 is 11.8 Å². The second-order valence-electron chi connectivity index (χ2n) is 6.68. The van der Waals surface area contributed by atoms with Crippen LogP contribution in [-0.2, 0) is 4.79 Å². The molecular formula is C21H20FN5OS. The van der Waals surface area contributed by atoms with E-state index < -0.39 is 5.82 Å². The number of thioether (sulfide) groups is 1. The number of benzene rings is 2. The number of carbonyl (C=O) groups excluding carboxylic acids is 1. The molecule has 1 amide bonds. The molecule has 1 fully saturated rings. The molecule has 1 aromatic heterocycles. The monoisotopic (exact) mass is 409 g/mol. The molecule has 3 aromatic rings. The van der Waals surface area contributed by atoms with Crippen molar-refractivity contribution in [3.63, 3.8) is 0 Å². The Morgan fingerprint density at radius 2 is 1.79 bits per heavy atom. The third-order valence-corrected chi connectivity index (χ3v) is 5.22. The number of hydrogen-bond acceptors (Lipinski definition) is 6. The van der Waals surface area contributed by atoms with E-state index in [4.69, 9.17) is 0 Å². The van der Waals surface area contributed by atoms with Crippen LogP contribution in [0.2, 0.25) is 0 Å². The van der Waals surface area contributed by atoms with Crippen molar-refractivity contribution in [2.24, 2.45) is 5.92 Å². The summed E-state index contributed by atoms with van der Waals surface area (Å²) in [6, 6.07) is 14.9. The first-order valence-electron chi connectivity index (χ1n) is 9.23. The van der Waals surface area contributed by atoms with Gasteiger partial charge in [0.05, 0.1) is 17.6 Å². The number of para-hydroxylation sites is 2. The smallest absolute Gasteiger partial charge is 0.229 e. The summed E-state index contributed by atoms with van der Waals surface area (Å²) in [7, 11) is 0. The van der Waals surface area contributed by atoms with Gasteiger partial charge in [0.25, 0.3) is 0 Å². The molecule has 4 rings (SSSR count). The van der Waals surface area contributed by atoms with Gasteiger partial charge in [-0.2, -0.15) is 4.98 Å². The van der Waals surface area contributed by atoms with Crippen LogP contribution in [0.25, 0.3) is 0 Å². The maximum atomic E-state index is 14.3. The van der Waals surface area contributed by atoms with Gasteiger partial charge in [0.1, 0.15) is 0 Å².